The maximum atomic E-state index is 4.79. The summed E-state index contributed by atoms with van der Waals surface area (Å²) in [6, 6.07) is 20.5. The van der Waals surface area contributed by atoms with Gasteiger partial charge in [-0.25, -0.2) is 4.99 Å². The van der Waals surface area contributed by atoms with Crippen molar-refractivity contribution in [2.75, 3.05) is 0 Å². The molecule has 0 spiro atoms. The van der Waals surface area contributed by atoms with Gasteiger partial charge in [-0.3, -0.25) is 4.68 Å². The smallest absolute Gasteiger partial charge is 0.192 e. The molecule has 0 amide bonds. The van der Waals surface area contributed by atoms with Gasteiger partial charge in [0.05, 0.1) is 19.6 Å². The number of nitrogens with zero attached hydrogens (tertiary/aromatic N) is 6. The van der Waals surface area contributed by atoms with Gasteiger partial charge in [-0.15, -0.1) is 10.2 Å². The van der Waals surface area contributed by atoms with Crippen LogP contribution in [0.4, 0.5) is 0 Å². The highest BCUT2D eigenvalue weighted by Crippen LogP contribution is 2.10. The van der Waals surface area contributed by atoms with E-state index in [0.717, 1.165) is 29.7 Å². The van der Waals surface area contributed by atoms with Crippen molar-refractivity contribution in [1.29, 1.82) is 0 Å². The van der Waals surface area contributed by atoms with Crippen LogP contribution in [0, 0.1) is 6.92 Å². The van der Waals surface area contributed by atoms with E-state index >= 15 is 0 Å². The number of guanidine groups is 1. The van der Waals surface area contributed by atoms with Crippen molar-refractivity contribution in [3.63, 3.8) is 0 Å². The molecule has 2 heterocycles. The molecule has 0 aliphatic carbocycles. The van der Waals surface area contributed by atoms with E-state index in [1.807, 2.05) is 53.7 Å². The van der Waals surface area contributed by atoms with Gasteiger partial charge < -0.3 is 15.2 Å². The predicted molar refractivity (Wildman–Crippen MR) is 125 cm³/mol. The maximum Gasteiger partial charge on any atom is 0.192 e. The maximum absolute atomic E-state index is 4.79. The number of benzene rings is 2. The highest BCUT2D eigenvalue weighted by atomic mass is 15.3. The van der Waals surface area contributed by atoms with Crippen molar-refractivity contribution >= 4 is 5.96 Å². The number of nitrogens with one attached hydrogen (secondary N) is 2. The quantitative estimate of drug-likeness (QED) is 0.333. The van der Waals surface area contributed by atoms with Crippen molar-refractivity contribution in [3.8, 4) is 0 Å². The summed E-state index contributed by atoms with van der Waals surface area (Å²) in [7, 11) is 1.96. The molecule has 2 aromatic heterocycles. The molecule has 164 valence electrons. The van der Waals surface area contributed by atoms with Gasteiger partial charge in [0.15, 0.2) is 11.8 Å². The fourth-order valence-electron chi connectivity index (χ4n) is 3.33. The van der Waals surface area contributed by atoms with Gasteiger partial charge in [-0.2, -0.15) is 5.10 Å². The summed E-state index contributed by atoms with van der Waals surface area (Å²) >= 11 is 0. The Morgan fingerprint density at radius 1 is 0.906 bits per heavy atom. The standard InChI is InChI=1S/C24H28N8/c1-19-29-30-23(31(19)2)17-27-24(25-15-20-9-4-3-5-10-20)26-16-21-11-6-7-12-22(21)18-32-14-8-13-28-32/h3-14H,15-18H2,1-2H3,(H2,25,26,27). The van der Waals surface area contributed by atoms with Crippen LogP contribution in [-0.4, -0.2) is 30.5 Å². The molecule has 8 heteroatoms. The average Bonchev–Trinajstić information content (AvgIpc) is 3.45. The van der Waals surface area contributed by atoms with E-state index < -0.39 is 0 Å². The Kier molecular flexibility index (Phi) is 6.91. The van der Waals surface area contributed by atoms with E-state index in [2.05, 4.69) is 62.3 Å². The number of aryl methyl sites for hydroxylation is 1. The average molecular weight is 429 g/mol. The molecule has 32 heavy (non-hydrogen) atoms. The zero-order valence-electron chi connectivity index (χ0n) is 18.4. The molecule has 2 aromatic carbocycles. The lowest BCUT2D eigenvalue weighted by Crippen LogP contribution is -2.37. The van der Waals surface area contributed by atoms with Crippen LogP contribution in [0.15, 0.2) is 78.0 Å². The number of hydrogen-bond acceptors (Lipinski definition) is 4. The van der Waals surface area contributed by atoms with Gasteiger partial charge in [0, 0.05) is 26.0 Å². The SMILES string of the molecule is Cc1nnc(CNC(=NCc2ccccc2)NCc2ccccc2Cn2cccn2)n1C. The van der Waals surface area contributed by atoms with Crippen LogP contribution in [0.25, 0.3) is 0 Å². The Labute approximate surface area is 188 Å². The summed E-state index contributed by atoms with van der Waals surface area (Å²) in [5.74, 6) is 2.46. The summed E-state index contributed by atoms with van der Waals surface area (Å²) in [5, 5.41) is 19.6. The second kappa shape index (κ2) is 10.4. The van der Waals surface area contributed by atoms with Gasteiger partial charge in [0.2, 0.25) is 0 Å². The summed E-state index contributed by atoms with van der Waals surface area (Å²) in [5.41, 5.74) is 3.57. The molecule has 0 radical (unpaired) electrons. The summed E-state index contributed by atoms with van der Waals surface area (Å²) in [4.78, 5) is 4.79. The second-order valence-corrected chi connectivity index (χ2v) is 7.55. The van der Waals surface area contributed by atoms with Crippen LogP contribution in [0.2, 0.25) is 0 Å². The highest BCUT2D eigenvalue weighted by Gasteiger charge is 2.08. The molecule has 0 saturated carbocycles. The van der Waals surface area contributed by atoms with E-state index in [1.165, 1.54) is 11.1 Å². The molecule has 4 rings (SSSR count). The van der Waals surface area contributed by atoms with E-state index in [0.29, 0.717) is 19.6 Å². The van der Waals surface area contributed by atoms with Gasteiger partial charge in [-0.1, -0.05) is 54.6 Å². The number of hydrogen-bond donors (Lipinski definition) is 2. The summed E-state index contributed by atoms with van der Waals surface area (Å²) < 4.78 is 3.90. The molecule has 2 N–H and O–H groups in total. The van der Waals surface area contributed by atoms with Crippen molar-refractivity contribution in [1.82, 2.24) is 35.2 Å². The van der Waals surface area contributed by atoms with Crippen LogP contribution in [0.3, 0.4) is 0 Å². The number of aromatic nitrogens is 5. The first-order valence-corrected chi connectivity index (χ1v) is 10.6. The monoisotopic (exact) mass is 428 g/mol. The fraction of sp³-hybridized carbons (Fsp3) is 0.250. The Morgan fingerprint density at radius 2 is 1.66 bits per heavy atom. The lowest BCUT2D eigenvalue weighted by Gasteiger charge is -2.15. The van der Waals surface area contributed by atoms with Gasteiger partial charge in [0.25, 0.3) is 0 Å². The summed E-state index contributed by atoms with van der Waals surface area (Å²) in [6.45, 7) is 4.44. The topological polar surface area (TPSA) is 84.9 Å². The largest absolute Gasteiger partial charge is 0.352 e. The minimum atomic E-state index is 0.535. The van der Waals surface area contributed by atoms with Crippen molar-refractivity contribution < 1.29 is 0 Å². The Balaban J connectivity index is 1.47. The van der Waals surface area contributed by atoms with E-state index in [1.54, 1.807) is 6.20 Å². The molecule has 0 saturated heterocycles. The number of rotatable bonds is 8. The first kappa shape index (κ1) is 21.3. The third kappa shape index (κ3) is 5.60. The number of aliphatic imine (C=N–C) groups is 1. The first-order chi connectivity index (χ1) is 15.7. The van der Waals surface area contributed by atoms with Crippen LogP contribution in [-0.2, 0) is 33.2 Å². The lowest BCUT2D eigenvalue weighted by atomic mass is 10.1. The molecular formula is C24H28N8. The van der Waals surface area contributed by atoms with Gasteiger partial charge in [0.1, 0.15) is 5.82 Å². The Bertz CT molecular complexity index is 1150. The molecule has 0 bridgehead atoms. The van der Waals surface area contributed by atoms with Crippen molar-refractivity contribution in [3.05, 3.63) is 101 Å². The van der Waals surface area contributed by atoms with Crippen LogP contribution in [0.5, 0.6) is 0 Å². The molecule has 0 unspecified atom stereocenters. The van der Waals surface area contributed by atoms with Gasteiger partial charge in [-0.05, 0) is 29.7 Å². The zero-order chi connectivity index (χ0) is 22.2. The lowest BCUT2D eigenvalue weighted by molar-refractivity contribution is 0.675. The van der Waals surface area contributed by atoms with Crippen LogP contribution >= 0.6 is 0 Å². The van der Waals surface area contributed by atoms with Crippen molar-refractivity contribution in [2.24, 2.45) is 12.0 Å². The third-order valence-electron chi connectivity index (χ3n) is 5.32. The van der Waals surface area contributed by atoms with Gasteiger partial charge >= 0.3 is 0 Å². The minimum absolute atomic E-state index is 0.535. The second-order valence-electron chi connectivity index (χ2n) is 7.55. The third-order valence-corrected chi connectivity index (χ3v) is 5.32. The van der Waals surface area contributed by atoms with Crippen molar-refractivity contribution in [2.45, 2.75) is 33.1 Å². The van der Waals surface area contributed by atoms with E-state index in [9.17, 15) is 0 Å². The highest BCUT2D eigenvalue weighted by molar-refractivity contribution is 5.79. The summed E-state index contributed by atoms with van der Waals surface area (Å²) in [6.07, 6.45) is 3.77. The molecular weight excluding hydrogens is 400 g/mol. The molecule has 0 atom stereocenters. The minimum Gasteiger partial charge on any atom is -0.352 e. The predicted octanol–water partition coefficient (Wildman–Crippen LogP) is 2.80. The molecule has 4 aromatic rings. The van der Waals surface area contributed by atoms with Crippen LogP contribution < -0.4 is 10.6 Å². The Hall–Kier alpha value is -3.94. The zero-order valence-corrected chi connectivity index (χ0v) is 18.4. The molecule has 0 aliphatic heterocycles. The first-order valence-electron chi connectivity index (χ1n) is 10.6. The molecule has 8 nitrogen and oxygen atoms in total. The molecule has 0 fully saturated rings. The van der Waals surface area contributed by atoms with E-state index in [-0.39, 0.29) is 0 Å². The van der Waals surface area contributed by atoms with Crippen LogP contribution in [0.1, 0.15) is 28.3 Å². The Morgan fingerprint density at radius 3 is 2.38 bits per heavy atom. The normalized spacial score (nSPS) is 11.5. The van der Waals surface area contributed by atoms with E-state index in [4.69, 9.17) is 4.99 Å². The molecule has 0 aliphatic rings. The fourth-order valence-corrected chi connectivity index (χ4v) is 3.33.